The van der Waals surface area contributed by atoms with Gasteiger partial charge in [0.05, 0.1) is 6.21 Å². The van der Waals surface area contributed by atoms with Gasteiger partial charge in [0.15, 0.2) is 0 Å². The normalized spacial score (nSPS) is 27.7. The molecule has 1 amide bonds. The Kier molecular flexibility index (Phi) is 4.09. The van der Waals surface area contributed by atoms with Gasteiger partial charge in [-0.25, -0.2) is 5.43 Å². The molecule has 112 valence electrons. The molecule has 0 radical (unpaired) electrons. The molecule has 21 heavy (non-hydrogen) atoms. The van der Waals surface area contributed by atoms with E-state index in [1.54, 1.807) is 6.21 Å². The quantitative estimate of drug-likeness (QED) is 0.665. The molecule has 0 aromatic heterocycles. The van der Waals surface area contributed by atoms with Crippen molar-refractivity contribution < 1.29 is 4.79 Å². The third kappa shape index (κ3) is 3.17. The van der Waals surface area contributed by atoms with Crippen molar-refractivity contribution in [3.8, 4) is 0 Å². The Hall–Kier alpha value is -1.64. The van der Waals surface area contributed by atoms with Crippen molar-refractivity contribution >= 4 is 12.1 Å². The molecule has 2 fully saturated rings. The molecule has 2 atom stereocenters. The Balaban J connectivity index is 1.51. The lowest BCUT2D eigenvalue weighted by Gasteiger charge is -2.04. The van der Waals surface area contributed by atoms with Gasteiger partial charge < -0.3 is 0 Å². The number of rotatable bonds is 4. The van der Waals surface area contributed by atoms with Gasteiger partial charge in [-0.15, -0.1) is 0 Å². The Bertz CT molecular complexity index is 521. The van der Waals surface area contributed by atoms with E-state index in [4.69, 9.17) is 0 Å². The Morgan fingerprint density at radius 1 is 1.19 bits per heavy atom. The van der Waals surface area contributed by atoms with Crippen molar-refractivity contribution in [3.63, 3.8) is 0 Å². The lowest BCUT2D eigenvalue weighted by Crippen LogP contribution is -2.20. The summed E-state index contributed by atoms with van der Waals surface area (Å²) >= 11 is 0. The monoisotopic (exact) mass is 284 g/mol. The van der Waals surface area contributed by atoms with E-state index >= 15 is 0 Å². The number of benzene rings is 1. The van der Waals surface area contributed by atoms with E-state index in [9.17, 15) is 4.79 Å². The van der Waals surface area contributed by atoms with E-state index in [0.29, 0.717) is 17.8 Å². The van der Waals surface area contributed by atoms with Crippen LogP contribution in [0.15, 0.2) is 29.4 Å². The third-order valence-corrected chi connectivity index (χ3v) is 4.95. The number of hydrogen-bond acceptors (Lipinski definition) is 2. The topological polar surface area (TPSA) is 41.5 Å². The number of nitrogens with one attached hydrogen (secondary N) is 1. The van der Waals surface area contributed by atoms with Gasteiger partial charge in [0.25, 0.3) is 0 Å². The van der Waals surface area contributed by atoms with E-state index in [0.717, 1.165) is 5.56 Å². The van der Waals surface area contributed by atoms with Gasteiger partial charge in [0.2, 0.25) is 5.91 Å². The average Bonchev–Trinajstić information content (AvgIpc) is 3.22. The number of hydrogen-bond donors (Lipinski definition) is 1. The minimum absolute atomic E-state index is 0.113. The predicted octanol–water partition coefficient (Wildman–Crippen LogP) is 3.70. The molecule has 0 aliphatic heterocycles. The zero-order valence-electron chi connectivity index (χ0n) is 12.9. The zero-order chi connectivity index (χ0) is 14.8. The SMILES string of the molecule is CC(C)c1ccc(/C=N\NC(=O)C2[C@@H]3CCCC[C@@H]23)cc1. The van der Waals surface area contributed by atoms with E-state index in [1.807, 2.05) is 12.1 Å². The van der Waals surface area contributed by atoms with Crippen LogP contribution in [-0.4, -0.2) is 12.1 Å². The van der Waals surface area contributed by atoms with Crippen LogP contribution in [0.3, 0.4) is 0 Å². The first-order valence-corrected chi connectivity index (χ1v) is 8.09. The summed E-state index contributed by atoms with van der Waals surface area (Å²) in [5, 5.41) is 4.11. The Labute approximate surface area is 126 Å². The molecule has 0 heterocycles. The van der Waals surface area contributed by atoms with Crippen molar-refractivity contribution in [2.24, 2.45) is 22.9 Å². The smallest absolute Gasteiger partial charge is 0.243 e. The Morgan fingerprint density at radius 3 is 2.38 bits per heavy atom. The molecule has 1 aromatic rings. The number of nitrogens with zero attached hydrogens (tertiary/aromatic N) is 1. The maximum Gasteiger partial charge on any atom is 0.243 e. The van der Waals surface area contributed by atoms with Crippen LogP contribution in [0, 0.1) is 17.8 Å². The van der Waals surface area contributed by atoms with Gasteiger partial charge in [0.1, 0.15) is 0 Å². The molecule has 3 heteroatoms. The highest BCUT2D eigenvalue weighted by Gasteiger charge is 2.54. The van der Waals surface area contributed by atoms with E-state index in [2.05, 4.69) is 36.5 Å². The highest BCUT2D eigenvalue weighted by Crippen LogP contribution is 2.55. The fourth-order valence-electron chi connectivity index (χ4n) is 3.59. The van der Waals surface area contributed by atoms with Gasteiger partial charge in [0, 0.05) is 5.92 Å². The van der Waals surface area contributed by atoms with Crippen molar-refractivity contribution in [3.05, 3.63) is 35.4 Å². The highest BCUT2D eigenvalue weighted by molar-refractivity contribution is 5.85. The summed E-state index contributed by atoms with van der Waals surface area (Å²) in [6, 6.07) is 8.32. The molecule has 2 aliphatic rings. The van der Waals surface area contributed by atoms with Gasteiger partial charge in [-0.1, -0.05) is 51.0 Å². The maximum atomic E-state index is 12.1. The van der Waals surface area contributed by atoms with Crippen molar-refractivity contribution in [2.75, 3.05) is 0 Å². The third-order valence-electron chi connectivity index (χ3n) is 4.95. The van der Waals surface area contributed by atoms with Crippen molar-refractivity contribution in [1.82, 2.24) is 5.43 Å². The highest BCUT2D eigenvalue weighted by atomic mass is 16.2. The first kappa shape index (κ1) is 14.3. The van der Waals surface area contributed by atoms with Gasteiger partial charge in [-0.3, -0.25) is 4.79 Å². The molecule has 3 nitrogen and oxygen atoms in total. The van der Waals surface area contributed by atoms with Crippen LogP contribution in [0.2, 0.25) is 0 Å². The van der Waals surface area contributed by atoms with Gasteiger partial charge in [-0.05, 0) is 41.7 Å². The van der Waals surface area contributed by atoms with Crippen LogP contribution in [0.1, 0.15) is 56.6 Å². The van der Waals surface area contributed by atoms with E-state index < -0.39 is 0 Å². The molecule has 2 aliphatic carbocycles. The minimum Gasteiger partial charge on any atom is -0.273 e. The molecule has 3 rings (SSSR count). The summed E-state index contributed by atoms with van der Waals surface area (Å²) in [6.07, 6.45) is 6.76. The summed E-state index contributed by atoms with van der Waals surface area (Å²) in [6.45, 7) is 4.36. The molecule has 1 aromatic carbocycles. The molecule has 0 saturated heterocycles. The number of carbonyl (C=O) groups excluding carboxylic acids is 1. The van der Waals surface area contributed by atoms with Gasteiger partial charge in [-0.2, -0.15) is 5.10 Å². The largest absolute Gasteiger partial charge is 0.273 e. The van der Waals surface area contributed by atoms with Gasteiger partial charge >= 0.3 is 0 Å². The van der Waals surface area contributed by atoms with Crippen LogP contribution >= 0.6 is 0 Å². The minimum atomic E-state index is 0.113. The van der Waals surface area contributed by atoms with Crippen LogP contribution in [-0.2, 0) is 4.79 Å². The number of carbonyl (C=O) groups is 1. The second-order valence-electron chi connectivity index (χ2n) is 6.69. The zero-order valence-corrected chi connectivity index (χ0v) is 12.9. The maximum absolute atomic E-state index is 12.1. The van der Waals surface area contributed by atoms with Crippen molar-refractivity contribution in [2.45, 2.75) is 45.4 Å². The standard InChI is InChI=1S/C18H24N2O/c1-12(2)14-9-7-13(8-10-14)11-19-20-18(21)17-15-5-3-4-6-16(15)17/h7-12,15-17H,3-6H2,1-2H3,(H,20,21)/b19-11-/t15-,16-/m1/s1. The summed E-state index contributed by atoms with van der Waals surface area (Å²) in [4.78, 5) is 12.1. The van der Waals surface area contributed by atoms with E-state index in [1.165, 1.54) is 31.2 Å². The van der Waals surface area contributed by atoms with E-state index in [-0.39, 0.29) is 11.8 Å². The number of hydrazone groups is 1. The van der Waals surface area contributed by atoms with Crippen LogP contribution in [0.25, 0.3) is 0 Å². The molecule has 2 saturated carbocycles. The fourth-order valence-corrected chi connectivity index (χ4v) is 3.59. The van der Waals surface area contributed by atoms with Crippen molar-refractivity contribution in [1.29, 1.82) is 0 Å². The molecular weight excluding hydrogens is 260 g/mol. The first-order valence-electron chi connectivity index (χ1n) is 8.09. The summed E-state index contributed by atoms with van der Waals surface area (Å²) in [7, 11) is 0. The fraction of sp³-hybridized carbons (Fsp3) is 0.556. The second-order valence-corrected chi connectivity index (χ2v) is 6.69. The number of amides is 1. The Morgan fingerprint density at radius 2 is 1.81 bits per heavy atom. The molecule has 0 unspecified atom stereocenters. The molecule has 0 bridgehead atoms. The van der Waals surface area contributed by atoms with Crippen LogP contribution in [0.4, 0.5) is 0 Å². The van der Waals surface area contributed by atoms with Crippen LogP contribution < -0.4 is 5.43 Å². The summed E-state index contributed by atoms with van der Waals surface area (Å²) < 4.78 is 0. The predicted molar refractivity (Wildman–Crippen MR) is 85.2 cm³/mol. The average molecular weight is 284 g/mol. The second kappa shape index (κ2) is 6.00. The summed E-state index contributed by atoms with van der Waals surface area (Å²) in [5.41, 5.74) is 5.06. The first-order chi connectivity index (χ1) is 10.2. The summed E-state index contributed by atoms with van der Waals surface area (Å²) in [5.74, 6) is 2.15. The lowest BCUT2D eigenvalue weighted by molar-refractivity contribution is -0.122. The lowest BCUT2D eigenvalue weighted by atomic mass is 10.0. The molecule has 0 spiro atoms. The molecule has 1 N–H and O–H groups in total. The number of fused-ring (bicyclic) bond motifs is 1. The molecular formula is C18H24N2O. The van der Waals surface area contributed by atoms with Crippen LogP contribution in [0.5, 0.6) is 0 Å².